The molecule has 0 bridgehead atoms. The first-order valence-corrected chi connectivity index (χ1v) is 12.7. The molecular formula is C32H28N2O5. The van der Waals surface area contributed by atoms with Gasteiger partial charge in [0.2, 0.25) is 0 Å². The highest BCUT2D eigenvalue weighted by atomic mass is 16.5. The standard InChI is InChI=1S/C32H28N2O5/c1-2-38-27-18-25(15-16-26(27)39-21-22-10-5-3-6-11-22)29-28(30(35)24-13-7-4-8-14-24)31(36)32(37)34(29)20-23-12-9-17-33-19-23/h3-19,29,35H,2,20-21H2,1H3/b30-28+. The van der Waals surface area contributed by atoms with Crippen molar-refractivity contribution in [3.05, 3.63) is 131 Å². The van der Waals surface area contributed by atoms with Crippen LogP contribution < -0.4 is 9.47 Å². The molecule has 1 fully saturated rings. The zero-order valence-corrected chi connectivity index (χ0v) is 21.5. The molecule has 3 aromatic carbocycles. The van der Waals surface area contributed by atoms with Crippen LogP contribution in [0.3, 0.4) is 0 Å². The van der Waals surface area contributed by atoms with Gasteiger partial charge in [0.15, 0.2) is 11.5 Å². The molecule has 1 saturated heterocycles. The van der Waals surface area contributed by atoms with E-state index in [2.05, 4.69) is 4.98 Å². The van der Waals surface area contributed by atoms with Crippen molar-refractivity contribution in [1.29, 1.82) is 0 Å². The van der Waals surface area contributed by atoms with Crippen LogP contribution in [0, 0.1) is 0 Å². The van der Waals surface area contributed by atoms with Crippen LogP contribution in [0.25, 0.3) is 5.76 Å². The van der Waals surface area contributed by atoms with E-state index in [0.29, 0.717) is 35.8 Å². The van der Waals surface area contributed by atoms with Crippen molar-refractivity contribution in [2.75, 3.05) is 6.61 Å². The largest absolute Gasteiger partial charge is 0.507 e. The van der Waals surface area contributed by atoms with Gasteiger partial charge in [-0.1, -0.05) is 72.8 Å². The molecule has 0 spiro atoms. The summed E-state index contributed by atoms with van der Waals surface area (Å²) in [6.45, 7) is 2.77. The summed E-state index contributed by atoms with van der Waals surface area (Å²) in [5.41, 5.74) is 2.87. The Balaban J connectivity index is 1.58. The second-order valence-corrected chi connectivity index (χ2v) is 9.07. The van der Waals surface area contributed by atoms with Gasteiger partial charge in [0.05, 0.1) is 18.2 Å². The highest BCUT2D eigenvalue weighted by Gasteiger charge is 2.46. The molecule has 0 radical (unpaired) electrons. The van der Waals surface area contributed by atoms with Gasteiger partial charge in [-0.15, -0.1) is 0 Å². The first-order chi connectivity index (χ1) is 19.1. The molecule has 1 amide bonds. The van der Waals surface area contributed by atoms with Crippen LogP contribution >= 0.6 is 0 Å². The maximum atomic E-state index is 13.4. The highest BCUT2D eigenvalue weighted by Crippen LogP contribution is 2.42. The topological polar surface area (TPSA) is 89.0 Å². The van der Waals surface area contributed by atoms with Crippen LogP contribution in [0.1, 0.15) is 35.2 Å². The Morgan fingerprint density at radius 3 is 2.28 bits per heavy atom. The molecule has 0 saturated carbocycles. The lowest BCUT2D eigenvalue weighted by Gasteiger charge is -2.26. The number of Topliss-reactive ketones (excluding diaryl/α,β-unsaturated/α-hetero) is 1. The van der Waals surface area contributed by atoms with Gasteiger partial charge in [0.1, 0.15) is 12.4 Å². The quantitative estimate of drug-likeness (QED) is 0.174. The monoisotopic (exact) mass is 520 g/mol. The number of benzene rings is 3. The molecule has 7 heteroatoms. The number of carbonyl (C=O) groups is 2. The van der Waals surface area contributed by atoms with E-state index >= 15 is 0 Å². The molecule has 7 nitrogen and oxygen atoms in total. The number of aliphatic hydroxyl groups is 1. The number of hydrogen-bond acceptors (Lipinski definition) is 6. The molecule has 0 aliphatic carbocycles. The SMILES string of the molecule is CCOc1cc(C2/C(=C(\O)c3ccccc3)C(=O)C(=O)N2Cc2cccnc2)ccc1OCc1ccccc1. The number of aromatic nitrogens is 1. The Kier molecular flexibility index (Phi) is 7.68. The summed E-state index contributed by atoms with van der Waals surface area (Å²) in [5, 5.41) is 11.3. The Morgan fingerprint density at radius 1 is 0.872 bits per heavy atom. The maximum Gasteiger partial charge on any atom is 0.295 e. The van der Waals surface area contributed by atoms with Crippen molar-refractivity contribution in [3.8, 4) is 11.5 Å². The molecule has 1 unspecified atom stereocenters. The third-order valence-corrected chi connectivity index (χ3v) is 6.48. The van der Waals surface area contributed by atoms with E-state index in [1.54, 1.807) is 60.9 Å². The zero-order chi connectivity index (χ0) is 27.2. The first kappa shape index (κ1) is 25.7. The third kappa shape index (κ3) is 5.52. The number of amides is 1. The van der Waals surface area contributed by atoms with E-state index in [4.69, 9.17) is 9.47 Å². The van der Waals surface area contributed by atoms with Crippen LogP contribution in [-0.4, -0.2) is 33.3 Å². The average Bonchev–Trinajstić information content (AvgIpc) is 3.22. The molecule has 2 heterocycles. The maximum absolute atomic E-state index is 13.4. The molecule has 39 heavy (non-hydrogen) atoms. The van der Waals surface area contributed by atoms with Gasteiger partial charge in [-0.3, -0.25) is 14.6 Å². The molecule has 1 atom stereocenters. The minimum atomic E-state index is -0.840. The van der Waals surface area contributed by atoms with Crippen molar-refractivity contribution >= 4 is 17.4 Å². The number of nitrogens with zero attached hydrogens (tertiary/aromatic N) is 2. The Bertz CT molecular complexity index is 1490. The Hall–Kier alpha value is -4.91. The van der Waals surface area contributed by atoms with E-state index in [-0.39, 0.29) is 17.9 Å². The summed E-state index contributed by atoms with van der Waals surface area (Å²) in [4.78, 5) is 32.3. The van der Waals surface area contributed by atoms with E-state index in [1.807, 2.05) is 49.4 Å². The number of ketones is 1. The number of ether oxygens (including phenoxy) is 2. The van der Waals surface area contributed by atoms with Crippen molar-refractivity contribution < 1.29 is 24.2 Å². The second kappa shape index (κ2) is 11.6. The fraction of sp³-hybridized carbons (Fsp3) is 0.156. The van der Waals surface area contributed by atoms with Crippen LogP contribution in [0.15, 0.2) is 109 Å². The third-order valence-electron chi connectivity index (χ3n) is 6.48. The van der Waals surface area contributed by atoms with Gasteiger partial charge in [0, 0.05) is 24.5 Å². The van der Waals surface area contributed by atoms with Gasteiger partial charge < -0.3 is 19.5 Å². The molecule has 1 aliphatic rings. The van der Waals surface area contributed by atoms with Crippen molar-refractivity contribution in [2.24, 2.45) is 0 Å². The number of likely N-dealkylation sites (tertiary alicyclic amines) is 1. The average molecular weight is 521 g/mol. The summed E-state index contributed by atoms with van der Waals surface area (Å²) in [7, 11) is 0. The van der Waals surface area contributed by atoms with Gasteiger partial charge in [-0.25, -0.2) is 0 Å². The Labute approximate surface area is 227 Å². The summed E-state index contributed by atoms with van der Waals surface area (Å²) >= 11 is 0. The predicted octanol–water partition coefficient (Wildman–Crippen LogP) is 5.68. The number of carbonyl (C=O) groups excluding carboxylic acids is 2. The normalized spacial score (nSPS) is 16.3. The molecular weight excluding hydrogens is 492 g/mol. The van der Waals surface area contributed by atoms with Gasteiger partial charge >= 0.3 is 0 Å². The lowest BCUT2D eigenvalue weighted by atomic mass is 9.95. The van der Waals surface area contributed by atoms with Gasteiger partial charge in [0.25, 0.3) is 11.7 Å². The minimum absolute atomic E-state index is 0.0236. The lowest BCUT2D eigenvalue weighted by Crippen LogP contribution is -2.29. The van der Waals surface area contributed by atoms with E-state index < -0.39 is 17.7 Å². The Morgan fingerprint density at radius 2 is 1.59 bits per heavy atom. The summed E-state index contributed by atoms with van der Waals surface area (Å²) < 4.78 is 12.0. The summed E-state index contributed by atoms with van der Waals surface area (Å²) in [6.07, 6.45) is 3.30. The number of aliphatic hydroxyl groups excluding tert-OH is 1. The van der Waals surface area contributed by atoms with Crippen LogP contribution in [0.5, 0.6) is 11.5 Å². The van der Waals surface area contributed by atoms with E-state index in [1.165, 1.54) is 4.90 Å². The smallest absolute Gasteiger partial charge is 0.295 e. The second-order valence-electron chi connectivity index (χ2n) is 9.07. The summed E-state index contributed by atoms with van der Waals surface area (Å²) in [5.74, 6) is -0.638. The van der Waals surface area contributed by atoms with Crippen molar-refractivity contribution in [3.63, 3.8) is 0 Å². The zero-order valence-electron chi connectivity index (χ0n) is 21.5. The van der Waals surface area contributed by atoms with Gasteiger partial charge in [-0.2, -0.15) is 0 Å². The van der Waals surface area contributed by atoms with E-state index in [0.717, 1.165) is 11.1 Å². The number of pyridine rings is 1. The fourth-order valence-corrected chi connectivity index (χ4v) is 4.65. The summed E-state index contributed by atoms with van der Waals surface area (Å²) in [6, 6.07) is 26.7. The van der Waals surface area contributed by atoms with Crippen molar-refractivity contribution in [1.82, 2.24) is 9.88 Å². The number of rotatable bonds is 9. The highest BCUT2D eigenvalue weighted by molar-refractivity contribution is 6.46. The van der Waals surface area contributed by atoms with Crippen molar-refractivity contribution in [2.45, 2.75) is 26.1 Å². The molecule has 1 aromatic heterocycles. The van der Waals surface area contributed by atoms with Gasteiger partial charge in [-0.05, 0) is 41.8 Å². The number of hydrogen-bond donors (Lipinski definition) is 1. The molecule has 5 rings (SSSR count). The predicted molar refractivity (Wildman–Crippen MR) is 147 cm³/mol. The lowest BCUT2D eigenvalue weighted by molar-refractivity contribution is -0.140. The van der Waals surface area contributed by atoms with E-state index in [9.17, 15) is 14.7 Å². The molecule has 196 valence electrons. The minimum Gasteiger partial charge on any atom is -0.507 e. The van der Waals surface area contributed by atoms with Crippen LogP contribution in [-0.2, 0) is 22.7 Å². The molecule has 4 aromatic rings. The van der Waals surface area contributed by atoms with Crippen LogP contribution in [0.2, 0.25) is 0 Å². The molecule has 1 N–H and O–H groups in total. The van der Waals surface area contributed by atoms with Crippen LogP contribution in [0.4, 0.5) is 0 Å². The first-order valence-electron chi connectivity index (χ1n) is 12.7. The fourth-order valence-electron chi connectivity index (χ4n) is 4.65. The molecule has 1 aliphatic heterocycles.